The summed E-state index contributed by atoms with van der Waals surface area (Å²) >= 11 is 0. The summed E-state index contributed by atoms with van der Waals surface area (Å²) in [6.07, 6.45) is -6.39. The van der Waals surface area contributed by atoms with Gasteiger partial charge in [0.2, 0.25) is 12.6 Å². The second kappa shape index (κ2) is 19.7. The average Bonchev–Trinajstić information content (AvgIpc) is 4.27. The van der Waals surface area contributed by atoms with Crippen LogP contribution >= 0.6 is 0 Å². The number of nitrogens with zero attached hydrogens (tertiary/aromatic N) is 2. The molecule has 0 aliphatic carbocycles. The number of nitrogens with one attached hydrogen (secondary N) is 2. The Morgan fingerprint density at radius 2 is 0.681 bits per heavy atom. The molecule has 0 unspecified atom stereocenters. The van der Waals surface area contributed by atoms with Gasteiger partial charge in [0.1, 0.15) is 60.3 Å². The molecule has 7 heterocycles. The summed E-state index contributed by atoms with van der Waals surface area (Å²) in [5.41, 5.74) is 12.4. The van der Waals surface area contributed by atoms with E-state index in [1.807, 2.05) is 133 Å². The van der Waals surface area contributed by atoms with E-state index in [4.69, 9.17) is 28.9 Å². The van der Waals surface area contributed by atoms with Crippen LogP contribution in [0.25, 0.3) is 90.9 Å². The van der Waals surface area contributed by atoms with Gasteiger partial charge in [-0.2, -0.15) is 0 Å². The SMILES string of the molecule is OC[C@H]1O[C@@H](Oc2ccc(-c3c4nc(c(-c5ccccc5)c5ccc([nH]5)c(-c5ccc(O[C@@H]6O[C@H](CO)[C@@H](O)[C@H](O)[C@H]6O)cc5)c5nc(c(-c6ccccc6)c6ccc3[nH]6)C=C5)C=C4)cc2)[C@H](O)[C@@H](O)[C@@H]1O. The van der Waals surface area contributed by atoms with Gasteiger partial charge in [-0.25, -0.2) is 9.97 Å². The van der Waals surface area contributed by atoms with Crippen molar-refractivity contribution in [3.63, 3.8) is 0 Å². The number of H-pyrrole nitrogens is 2. The van der Waals surface area contributed by atoms with Crippen molar-refractivity contribution >= 4 is 46.4 Å². The fourth-order valence-corrected chi connectivity index (χ4v) is 9.63. The number of aliphatic hydroxyl groups excluding tert-OH is 8. The maximum absolute atomic E-state index is 10.7. The van der Waals surface area contributed by atoms with Gasteiger partial charge in [-0.1, -0.05) is 84.9 Å². The molecule has 366 valence electrons. The minimum Gasteiger partial charge on any atom is -0.462 e. The monoisotopic (exact) mass is 970 g/mol. The van der Waals surface area contributed by atoms with Gasteiger partial charge in [-0.3, -0.25) is 0 Å². The van der Waals surface area contributed by atoms with E-state index in [1.54, 1.807) is 24.3 Å². The maximum atomic E-state index is 10.7. The number of hydrogen-bond acceptors (Lipinski definition) is 14. The Balaban J connectivity index is 1.09. The van der Waals surface area contributed by atoms with Gasteiger partial charge < -0.3 is 69.8 Å². The Morgan fingerprint density at radius 1 is 0.375 bits per heavy atom. The van der Waals surface area contributed by atoms with Gasteiger partial charge in [0, 0.05) is 44.3 Å². The molecule has 72 heavy (non-hydrogen) atoms. The van der Waals surface area contributed by atoms with Crippen molar-refractivity contribution in [1.29, 1.82) is 0 Å². The lowest BCUT2D eigenvalue weighted by atomic mass is 9.99. The van der Waals surface area contributed by atoms with E-state index in [2.05, 4.69) is 9.97 Å². The number of rotatable bonds is 10. The topological polar surface area (TPSA) is 256 Å². The van der Waals surface area contributed by atoms with Crippen molar-refractivity contribution in [1.82, 2.24) is 19.9 Å². The van der Waals surface area contributed by atoms with Crippen LogP contribution in [0.1, 0.15) is 22.8 Å². The van der Waals surface area contributed by atoms with E-state index in [0.29, 0.717) is 34.3 Å². The summed E-state index contributed by atoms with van der Waals surface area (Å²) in [6, 6.07) is 42.3. The number of aromatic nitrogens is 4. The Hall–Kier alpha value is -7.32. The molecule has 11 rings (SSSR count). The number of hydrogen-bond donors (Lipinski definition) is 10. The zero-order valence-corrected chi connectivity index (χ0v) is 38.3. The molecule has 0 saturated carbocycles. The molecule has 4 aliphatic heterocycles. The first-order valence-electron chi connectivity index (χ1n) is 23.5. The highest BCUT2D eigenvalue weighted by Gasteiger charge is 2.46. The predicted octanol–water partition coefficient (Wildman–Crippen LogP) is 5.68. The Morgan fingerprint density at radius 3 is 0.986 bits per heavy atom. The third-order valence-corrected chi connectivity index (χ3v) is 13.4. The molecule has 4 aromatic carbocycles. The van der Waals surface area contributed by atoms with E-state index >= 15 is 0 Å². The molecular formula is C56H50N4O12. The molecule has 2 fully saturated rings. The predicted molar refractivity (Wildman–Crippen MR) is 269 cm³/mol. The van der Waals surface area contributed by atoms with Crippen LogP contribution in [0, 0.1) is 0 Å². The van der Waals surface area contributed by atoms with Gasteiger partial charge >= 0.3 is 0 Å². The lowest BCUT2D eigenvalue weighted by Crippen LogP contribution is -2.60. The van der Waals surface area contributed by atoms with Crippen LogP contribution in [-0.2, 0) is 9.47 Å². The number of fused-ring (bicyclic) bond motifs is 8. The molecule has 2 saturated heterocycles. The summed E-state index contributed by atoms with van der Waals surface area (Å²) in [7, 11) is 0. The smallest absolute Gasteiger partial charge is 0.229 e. The van der Waals surface area contributed by atoms with Crippen molar-refractivity contribution in [2.45, 2.75) is 61.4 Å². The van der Waals surface area contributed by atoms with Gasteiger partial charge in [0.25, 0.3) is 0 Å². The molecule has 0 amide bonds. The maximum Gasteiger partial charge on any atom is 0.229 e. The van der Waals surface area contributed by atoms with E-state index in [-0.39, 0.29) is 0 Å². The number of ether oxygens (including phenoxy) is 4. The first-order chi connectivity index (χ1) is 35.1. The molecule has 10 N–H and O–H groups in total. The summed E-state index contributed by atoms with van der Waals surface area (Å²) in [6.45, 7) is -1.16. The molecule has 4 aliphatic rings. The molecule has 16 nitrogen and oxygen atoms in total. The summed E-state index contributed by atoms with van der Waals surface area (Å²) < 4.78 is 23.2. The Kier molecular flexibility index (Phi) is 12.9. The zero-order chi connectivity index (χ0) is 49.6. The van der Waals surface area contributed by atoms with Crippen molar-refractivity contribution in [2.75, 3.05) is 13.2 Å². The van der Waals surface area contributed by atoms with Gasteiger partial charge in [-0.05, 0) is 95.1 Å². The molecule has 7 aromatic rings. The highest BCUT2D eigenvalue weighted by molar-refractivity contribution is 5.99. The largest absolute Gasteiger partial charge is 0.462 e. The van der Waals surface area contributed by atoms with Crippen LogP contribution in [0.4, 0.5) is 0 Å². The second-order valence-electron chi connectivity index (χ2n) is 17.9. The van der Waals surface area contributed by atoms with Crippen LogP contribution in [-0.4, -0.2) is 135 Å². The Labute approximate surface area is 411 Å². The van der Waals surface area contributed by atoms with Crippen LogP contribution < -0.4 is 9.47 Å². The zero-order valence-electron chi connectivity index (χ0n) is 38.3. The quantitative estimate of drug-likeness (QED) is 0.0792. The summed E-state index contributed by atoms with van der Waals surface area (Å²) in [4.78, 5) is 18.1. The molecule has 0 radical (unpaired) electrons. The summed E-state index contributed by atoms with van der Waals surface area (Å²) in [5, 5.41) is 82.2. The average molecular weight is 971 g/mol. The third-order valence-electron chi connectivity index (χ3n) is 13.4. The molecule has 8 bridgehead atoms. The fraction of sp³-hybridized carbons (Fsp3) is 0.214. The molecule has 0 spiro atoms. The second-order valence-corrected chi connectivity index (χ2v) is 17.9. The fourth-order valence-electron chi connectivity index (χ4n) is 9.63. The minimum absolute atomic E-state index is 0.314. The first kappa shape index (κ1) is 47.0. The lowest BCUT2D eigenvalue weighted by molar-refractivity contribution is -0.277. The van der Waals surface area contributed by atoms with E-state index in [0.717, 1.165) is 66.6 Å². The molecule has 3 aromatic heterocycles. The van der Waals surface area contributed by atoms with Crippen LogP contribution in [0.15, 0.2) is 133 Å². The highest BCUT2D eigenvalue weighted by Crippen LogP contribution is 2.39. The normalized spacial score (nSPS) is 24.8. The van der Waals surface area contributed by atoms with Crippen LogP contribution in [0.3, 0.4) is 0 Å². The summed E-state index contributed by atoms with van der Waals surface area (Å²) in [5.74, 6) is 0.627. The number of aliphatic hydroxyl groups is 8. The van der Waals surface area contributed by atoms with Crippen LogP contribution in [0.2, 0.25) is 0 Å². The number of benzene rings is 4. The number of aromatic amines is 2. The Bertz CT molecular complexity index is 3100. The van der Waals surface area contributed by atoms with Crippen molar-refractivity contribution in [3.8, 4) is 56.0 Å². The third kappa shape index (κ3) is 8.79. The van der Waals surface area contributed by atoms with Gasteiger partial charge in [0.15, 0.2) is 0 Å². The molecule has 16 heteroatoms. The van der Waals surface area contributed by atoms with E-state index < -0.39 is 74.6 Å². The van der Waals surface area contributed by atoms with E-state index in [1.165, 1.54) is 0 Å². The minimum atomic E-state index is -1.59. The lowest BCUT2D eigenvalue weighted by Gasteiger charge is -2.39. The van der Waals surface area contributed by atoms with Crippen LogP contribution in [0.5, 0.6) is 11.5 Å². The van der Waals surface area contributed by atoms with Crippen molar-refractivity contribution < 1.29 is 59.8 Å². The molecular weight excluding hydrogens is 921 g/mol. The van der Waals surface area contributed by atoms with Crippen molar-refractivity contribution in [3.05, 3.63) is 156 Å². The van der Waals surface area contributed by atoms with Gasteiger partial charge in [0.05, 0.1) is 36.0 Å². The van der Waals surface area contributed by atoms with E-state index in [9.17, 15) is 40.9 Å². The standard InChI is InChI=1S/C56H50N4O12/c61-27-43-49(63)51(65)53(67)55(71-43)69-33-15-11-31(12-16-33)47-39-23-19-35(57-39)45(29-7-3-1-4-8-29)36-20-24-40(58-36)48(32-13-17-34(18-14-32)70-56-54(68)52(66)50(64)44(28-62)72-56)42-26-22-38(60-42)46(30-9-5-2-6-10-30)37-21-25-41(47)59-37/h1-26,43-44,49-57,60-68H,27-28H2/t43-,44-,49-,50-,51+,52+,53-,54-,55-,56-/m1/s1. The van der Waals surface area contributed by atoms with Crippen molar-refractivity contribution in [2.24, 2.45) is 0 Å². The molecule has 10 atom stereocenters. The van der Waals surface area contributed by atoms with Gasteiger partial charge in [-0.15, -0.1) is 0 Å². The highest BCUT2D eigenvalue weighted by atomic mass is 16.7. The first-order valence-corrected chi connectivity index (χ1v) is 23.5.